The molecule has 9 nitrogen and oxygen atoms in total. The molecule has 0 saturated heterocycles. The fourth-order valence-electron chi connectivity index (χ4n) is 2.93. The highest BCUT2D eigenvalue weighted by Crippen LogP contribution is 2.32. The standard InChI is InChI=1S/C20H28N4O5Si/c1-5-7-17(22-20(25)26)15-8-6-9-16(12-15)19-18(24(27)28)13-21-23(19)14-29-10-11-30(2,3)4/h5-6,8-9,12-13,17,22H,1,7,10-11,14H2,2-4H3,(H,25,26)/t17-/m0/s1. The molecule has 1 amide bonds. The molecule has 1 aromatic carbocycles. The van der Waals surface area contributed by atoms with Crippen molar-refractivity contribution in [3.63, 3.8) is 0 Å². The third kappa shape index (κ3) is 6.53. The number of hydrogen-bond donors (Lipinski definition) is 2. The topological polar surface area (TPSA) is 120 Å². The summed E-state index contributed by atoms with van der Waals surface area (Å²) in [4.78, 5) is 22.2. The average molecular weight is 433 g/mol. The summed E-state index contributed by atoms with van der Waals surface area (Å²) in [6.45, 7) is 11.1. The highest BCUT2D eigenvalue weighted by molar-refractivity contribution is 6.76. The summed E-state index contributed by atoms with van der Waals surface area (Å²) in [6.07, 6.45) is 2.06. The lowest BCUT2D eigenvalue weighted by molar-refractivity contribution is -0.384. The minimum atomic E-state index is -1.25. The molecule has 0 fully saturated rings. The molecule has 0 aliphatic heterocycles. The van der Waals surface area contributed by atoms with Crippen LogP contribution in [0.15, 0.2) is 43.1 Å². The molecule has 0 aliphatic carbocycles. The molecule has 0 unspecified atom stereocenters. The summed E-state index contributed by atoms with van der Waals surface area (Å²) in [6, 6.07) is 7.43. The summed E-state index contributed by atoms with van der Waals surface area (Å²) in [5, 5.41) is 27.2. The third-order valence-electron chi connectivity index (χ3n) is 4.49. The summed E-state index contributed by atoms with van der Waals surface area (Å²) in [5.41, 5.74) is 1.43. The number of hydrogen-bond acceptors (Lipinski definition) is 5. The number of nitrogens with zero attached hydrogens (tertiary/aromatic N) is 3. The number of rotatable bonds is 11. The van der Waals surface area contributed by atoms with Gasteiger partial charge in [0.25, 0.3) is 0 Å². The van der Waals surface area contributed by atoms with Gasteiger partial charge in [0.1, 0.15) is 18.6 Å². The lowest BCUT2D eigenvalue weighted by Gasteiger charge is -2.17. The fraction of sp³-hybridized carbons (Fsp3) is 0.400. The molecule has 1 atom stereocenters. The van der Waals surface area contributed by atoms with Crippen molar-refractivity contribution >= 4 is 19.9 Å². The van der Waals surface area contributed by atoms with Crippen LogP contribution in [-0.4, -0.2) is 40.6 Å². The number of ether oxygens (including phenoxy) is 1. The van der Waals surface area contributed by atoms with Crippen LogP contribution in [0.1, 0.15) is 18.0 Å². The van der Waals surface area contributed by atoms with Gasteiger partial charge in [0, 0.05) is 20.2 Å². The summed E-state index contributed by atoms with van der Waals surface area (Å²) >= 11 is 0. The predicted molar refractivity (Wildman–Crippen MR) is 117 cm³/mol. The number of nitrogens with one attached hydrogen (secondary N) is 1. The molecule has 1 aromatic heterocycles. The van der Waals surface area contributed by atoms with E-state index in [-0.39, 0.29) is 12.4 Å². The minimum Gasteiger partial charge on any atom is -0.465 e. The van der Waals surface area contributed by atoms with Crippen molar-refractivity contribution in [2.75, 3.05) is 6.61 Å². The monoisotopic (exact) mass is 432 g/mol. The summed E-state index contributed by atoms with van der Waals surface area (Å²) in [5.74, 6) is 0. The molecule has 10 heteroatoms. The van der Waals surface area contributed by atoms with Gasteiger partial charge in [-0.15, -0.1) is 6.58 Å². The molecule has 0 spiro atoms. The normalized spacial score (nSPS) is 12.4. The molecule has 0 radical (unpaired) electrons. The number of carboxylic acid groups (broad SMARTS) is 1. The largest absolute Gasteiger partial charge is 0.465 e. The van der Waals surface area contributed by atoms with E-state index in [9.17, 15) is 14.9 Å². The van der Waals surface area contributed by atoms with E-state index in [1.165, 1.54) is 10.9 Å². The Kier molecular flexibility index (Phi) is 7.90. The second kappa shape index (κ2) is 10.2. The van der Waals surface area contributed by atoms with Crippen molar-refractivity contribution in [2.45, 2.75) is 44.9 Å². The van der Waals surface area contributed by atoms with Crippen molar-refractivity contribution in [2.24, 2.45) is 0 Å². The Morgan fingerprint density at radius 3 is 2.80 bits per heavy atom. The number of amides is 1. The minimum absolute atomic E-state index is 0.0986. The van der Waals surface area contributed by atoms with Gasteiger partial charge >= 0.3 is 11.8 Å². The van der Waals surface area contributed by atoms with Crippen LogP contribution in [-0.2, 0) is 11.5 Å². The SMILES string of the molecule is C=CC[C@H](NC(=O)O)c1cccc(-c2c([N+](=O)[O-])cnn2COCC[Si](C)(C)C)c1. The Bertz CT molecular complexity index is 907. The molecule has 1 heterocycles. The fourth-order valence-corrected chi connectivity index (χ4v) is 3.69. The van der Waals surface area contributed by atoms with Crippen LogP contribution in [0.2, 0.25) is 25.7 Å². The van der Waals surface area contributed by atoms with E-state index in [4.69, 9.17) is 9.84 Å². The molecule has 0 aliphatic rings. The zero-order chi connectivity index (χ0) is 22.3. The van der Waals surface area contributed by atoms with E-state index in [0.29, 0.717) is 29.8 Å². The zero-order valence-corrected chi connectivity index (χ0v) is 18.5. The van der Waals surface area contributed by atoms with Crippen molar-refractivity contribution in [1.29, 1.82) is 0 Å². The molecule has 2 N–H and O–H groups in total. The van der Waals surface area contributed by atoms with E-state index in [2.05, 4.69) is 36.6 Å². The van der Waals surface area contributed by atoms with Gasteiger partial charge in [-0.05, 0) is 24.1 Å². The number of nitro groups is 1. The van der Waals surface area contributed by atoms with Crippen LogP contribution in [0.3, 0.4) is 0 Å². The number of benzene rings is 1. The molecule has 2 rings (SSSR count). The van der Waals surface area contributed by atoms with Crippen LogP contribution in [0.25, 0.3) is 11.3 Å². The lowest BCUT2D eigenvalue weighted by Crippen LogP contribution is -2.26. The van der Waals surface area contributed by atoms with Crippen LogP contribution in [0.5, 0.6) is 0 Å². The molecule has 2 aromatic rings. The van der Waals surface area contributed by atoms with Crippen LogP contribution < -0.4 is 5.32 Å². The number of aromatic nitrogens is 2. The Morgan fingerprint density at radius 2 is 2.20 bits per heavy atom. The highest BCUT2D eigenvalue weighted by atomic mass is 28.3. The number of carbonyl (C=O) groups is 1. The maximum Gasteiger partial charge on any atom is 0.405 e. The van der Waals surface area contributed by atoms with Crippen molar-refractivity contribution in [3.8, 4) is 11.3 Å². The Balaban J connectivity index is 2.35. The molecule has 162 valence electrons. The van der Waals surface area contributed by atoms with Crippen LogP contribution in [0.4, 0.5) is 10.5 Å². The first-order valence-electron chi connectivity index (χ1n) is 9.61. The van der Waals surface area contributed by atoms with Gasteiger partial charge in [-0.1, -0.05) is 43.9 Å². The van der Waals surface area contributed by atoms with E-state index >= 15 is 0 Å². The molecule has 0 bridgehead atoms. The van der Waals surface area contributed by atoms with Gasteiger partial charge in [0.2, 0.25) is 0 Å². The van der Waals surface area contributed by atoms with Gasteiger partial charge in [0.05, 0.1) is 11.0 Å². The van der Waals surface area contributed by atoms with E-state index < -0.39 is 25.1 Å². The lowest BCUT2D eigenvalue weighted by atomic mass is 9.99. The smallest absolute Gasteiger partial charge is 0.405 e. The molecule has 30 heavy (non-hydrogen) atoms. The summed E-state index contributed by atoms with van der Waals surface area (Å²) < 4.78 is 7.20. The maximum atomic E-state index is 11.6. The Labute approximate surface area is 176 Å². The van der Waals surface area contributed by atoms with E-state index in [1.54, 1.807) is 30.3 Å². The van der Waals surface area contributed by atoms with Gasteiger partial charge in [-0.25, -0.2) is 9.48 Å². The van der Waals surface area contributed by atoms with Gasteiger partial charge in [0.15, 0.2) is 0 Å². The molecular weight excluding hydrogens is 404 g/mol. The van der Waals surface area contributed by atoms with Crippen LogP contribution >= 0.6 is 0 Å². The Hall–Kier alpha value is -2.98. The van der Waals surface area contributed by atoms with Crippen molar-refractivity contribution < 1.29 is 19.6 Å². The first-order valence-corrected chi connectivity index (χ1v) is 13.3. The quantitative estimate of drug-likeness (QED) is 0.175. The average Bonchev–Trinajstić information content (AvgIpc) is 3.08. The second-order valence-electron chi connectivity index (χ2n) is 8.13. The van der Waals surface area contributed by atoms with E-state index in [1.807, 2.05) is 0 Å². The first kappa shape index (κ1) is 23.3. The van der Waals surface area contributed by atoms with Crippen molar-refractivity contribution in [3.05, 3.63) is 58.8 Å². The maximum absolute atomic E-state index is 11.6. The zero-order valence-electron chi connectivity index (χ0n) is 17.5. The third-order valence-corrected chi connectivity index (χ3v) is 6.19. The molecule has 0 saturated carbocycles. The molecular formula is C20H28N4O5Si. The predicted octanol–water partition coefficient (Wildman–Crippen LogP) is 4.66. The first-order chi connectivity index (χ1) is 14.1. The highest BCUT2D eigenvalue weighted by Gasteiger charge is 2.24. The van der Waals surface area contributed by atoms with Gasteiger partial charge < -0.3 is 15.2 Å². The summed E-state index contributed by atoms with van der Waals surface area (Å²) in [7, 11) is -1.25. The van der Waals surface area contributed by atoms with E-state index in [0.717, 1.165) is 6.04 Å². The second-order valence-corrected chi connectivity index (χ2v) is 13.8. The van der Waals surface area contributed by atoms with Crippen molar-refractivity contribution in [1.82, 2.24) is 15.1 Å². The van der Waals surface area contributed by atoms with Gasteiger partial charge in [-0.2, -0.15) is 5.10 Å². The Morgan fingerprint density at radius 1 is 1.47 bits per heavy atom. The van der Waals surface area contributed by atoms with Gasteiger partial charge in [-0.3, -0.25) is 10.1 Å². The van der Waals surface area contributed by atoms with Crippen LogP contribution in [0, 0.1) is 10.1 Å².